The van der Waals surface area contributed by atoms with Crippen molar-refractivity contribution < 1.29 is 16.8 Å². The van der Waals surface area contributed by atoms with Crippen LogP contribution in [0.25, 0.3) is 11.0 Å². The summed E-state index contributed by atoms with van der Waals surface area (Å²) in [6, 6.07) is 11.9. The Bertz CT molecular complexity index is 1380. The van der Waals surface area contributed by atoms with Crippen LogP contribution >= 0.6 is 0 Å². The van der Waals surface area contributed by atoms with Crippen LogP contribution in [0.2, 0.25) is 0 Å². The van der Waals surface area contributed by atoms with Crippen molar-refractivity contribution in [2.45, 2.75) is 48.3 Å². The smallest absolute Gasteiger partial charge is 0.243 e. The summed E-state index contributed by atoms with van der Waals surface area (Å²) in [5.41, 5.74) is 3.07. The number of aryl methyl sites for hydroxylation is 1. The summed E-state index contributed by atoms with van der Waals surface area (Å²) in [5, 5.41) is 0. The van der Waals surface area contributed by atoms with Gasteiger partial charge in [0.25, 0.3) is 0 Å². The van der Waals surface area contributed by atoms with Crippen molar-refractivity contribution in [3.8, 4) is 0 Å². The molecule has 176 valence electrons. The standard InChI is InChI=1S/C23H28N4O4S2/c1-17-7-8-21-22(15-17)25-23(24-21)18-9-13-27(14-10-18)33(30,31)20-6-4-5-19(16-20)32(28,29)26-11-2-3-12-26/h4-8,15-16,18H,2-3,9-14H2,1H3,(H,24,25). The number of nitrogens with one attached hydrogen (secondary N) is 1. The van der Waals surface area contributed by atoms with Crippen LogP contribution in [-0.4, -0.2) is 61.6 Å². The minimum Gasteiger partial charge on any atom is -0.342 e. The molecule has 3 aromatic rings. The van der Waals surface area contributed by atoms with E-state index in [4.69, 9.17) is 4.98 Å². The average molecular weight is 489 g/mol. The monoisotopic (exact) mass is 488 g/mol. The number of H-pyrrole nitrogens is 1. The Kier molecular flexibility index (Phi) is 5.80. The van der Waals surface area contributed by atoms with E-state index in [1.165, 1.54) is 32.9 Å². The molecule has 0 atom stereocenters. The van der Waals surface area contributed by atoms with Crippen molar-refractivity contribution >= 4 is 31.1 Å². The number of rotatable bonds is 5. The number of hydrogen-bond acceptors (Lipinski definition) is 5. The summed E-state index contributed by atoms with van der Waals surface area (Å²) < 4.78 is 55.3. The molecule has 0 unspecified atom stereocenters. The summed E-state index contributed by atoms with van der Waals surface area (Å²) in [7, 11) is -7.46. The van der Waals surface area contributed by atoms with Crippen molar-refractivity contribution in [3.63, 3.8) is 0 Å². The van der Waals surface area contributed by atoms with Gasteiger partial charge in [-0.1, -0.05) is 12.1 Å². The zero-order valence-electron chi connectivity index (χ0n) is 18.6. The topological polar surface area (TPSA) is 103 Å². The van der Waals surface area contributed by atoms with E-state index in [1.807, 2.05) is 19.1 Å². The van der Waals surface area contributed by atoms with Crippen molar-refractivity contribution in [1.82, 2.24) is 18.6 Å². The molecule has 1 N–H and O–H groups in total. The lowest BCUT2D eigenvalue weighted by Gasteiger charge is -2.30. The fourth-order valence-electron chi connectivity index (χ4n) is 4.73. The van der Waals surface area contributed by atoms with E-state index in [2.05, 4.69) is 11.1 Å². The van der Waals surface area contributed by atoms with Gasteiger partial charge in [-0.2, -0.15) is 8.61 Å². The summed E-state index contributed by atoms with van der Waals surface area (Å²) in [6.07, 6.45) is 2.97. The maximum absolute atomic E-state index is 13.3. The number of aromatic nitrogens is 2. The first-order chi connectivity index (χ1) is 15.7. The first kappa shape index (κ1) is 22.5. The Hall–Kier alpha value is -2.27. The van der Waals surface area contributed by atoms with Crippen molar-refractivity contribution in [3.05, 3.63) is 53.9 Å². The van der Waals surface area contributed by atoms with E-state index < -0.39 is 20.0 Å². The third kappa shape index (κ3) is 4.21. The molecule has 2 saturated heterocycles. The fourth-order valence-corrected chi connectivity index (χ4v) is 7.88. The van der Waals surface area contributed by atoms with Gasteiger partial charge in [0.2, 0.25) is 20.0 Å². The van der Waals surface area contributed by atoms with E-state index in [1.54, 1.807) is 0 Å². The van der Waals surface area contributed by atoms with Gasteiger partial charge in [-0.15, -0.1) is 0 Å². The molecule has 2 aromatic carbocycles. The van der Waals surface area contributed by atoms with Crippen LogP contribution in [0.3, 0.4) is 0 Å². The van der Waals surface area contributed by atoms with Crippen LogP contribution in [0.4, 0.5) is 0 Å². The average Bonchev–Trinajstić information content (AvgIpc) is 3.50. The summed E-state index contributed by atoms with van der Waals surface area (Å²) in [5.74, 6) is 1.05. The van der Waals surface area contributed by atoms with Gasteiger partial charge in [0.05, 0.1) is 20.8 Å². The summed E-state index contributed by atoms with van der Waals surface area (Å²) in [4.78, 5) is 8.16. The number of benzene rings is 2. The van der Waals surface area contributed by atoms with Gasteiger partial charge in [0.15, 0.2) is 0 Å². The molecule has 2 aliphatic rings. The molecule has 0 bridgehead atoms. The van der Waals surface area contributed by atoms with Gasteiger partial charge >= 0.3 is 0 Å². The maximum atomic E-state index is 13.3. The zero-order chi connectivity index (χ0) is 23.2. The SMILES string of the molecule is Cc1ccc2nc(C3CCN(S(=O)(=O)c4cccc(S(=O)(=O)N5CCCC5)c4)CC3)[nH]c2c1. The molecule has 33 heavy (non-hydrogen) atoms. The number of sulfonamides is 2. The van der Waals surface area contributed by atoms with Gasteiger partial charge in [-0.25, -0.2) is 21.8 Å². The quantitative estimate of drug-likeness (QED) is 0.594. The van der Waals surface area contributed by atoms with Gasteiger partial charge in [-0.3, -0.25) is 0 Å². The Morgan fingerprint density at radius 1 is 0.848 bits per heavy atom. The lowest BCUT2D eigenvalue weighted by molar-refractivity contribution is 0.314. The van der Waals surface area contributed by atoms with E-state index >= 15 is 0 Å². The number of aromatic amines is 1. The Morgan fingerprint density at radius 2 is 1.45 bits per heavy atom. The number of piperidine rings is 1. The number of nitrogens with zero attached hydrogens (tertiary/aromatic N) is 3. The molecular formula is C23H28N4O4S2. The second-order valence-corrected chi connectivity index (χ2v) is 12.8. The Balaban J connectivity index is 1.33. The molecule has 1 aromatic heterocycles. The second-order valence-electron chi connectivity index (χ2n) is 8.91. The molecule has 0 amide bonds. The van der Waals surface area contributed by atoms with E-state index in [0.29, 0.717) is 39.0 Å². The maximum Gasteiger partial charge on any atom is 0.243 e. The number of hydrogen-bond donors (Lipinski definition) is 1. The van der Waals surface area contributed by atoms with Crippen molar-refractivity contribution in [2.24, 2.45) is 0 Å². The van der Waals surface area contributed by atoms with Gasteiger partial charge < -0.3 is 4.98 Å². The largest absolute Gasteiger partial charge is 0.342 e. The highest BCUT2D eigenvalue weighted by atomic mass is 32.2. The fraction of sp³-hybridized carbons (Fsp3) is 0.435. The lowest BCUT2D eigenvalue weighted by atomic mass is 9.97. The molecule has 10 heteroatoms. The molecule has 0 radical (unpaired) electrons. The molecular weight excluding hydrogens is 460 g/mol. The molecule has 0 saturated carbocycles. The van der Waals surface area contributed by atoms with Crippen LogP contribution in [-0.2, 0) is 20.0 Å². The first-order valence-corrected chi connectivity index (χ1v) is 14.2. The predicted molar refractivity (Wildman–Crippen MR) is 126 cm³/mol. The summed E-state index contributed by atoms with van der Waals surface area (Å²) >= 11 is 0. The first-order valence-electron chi connectivity index (χ1n) is 11.3. The highest BCUT2D eigenvalue weighted by Gasteiger charge is 2.33. The Morgan fingerprint density at radius 3 is 2.09 bits per heavy atom. The van der Waals surface area contributed by atoms with Crippen LogP contribution in [0.5, 0.6) is 0 Å². The molecule has 8 nitrogen and oxygen atoms in total. The highest BCUT2D eigenvalue weighted by molar-refractivity contribution is 7.90. The van der Waals surface area contributed by atoms with E-state index in [9.17, 15) is 16.8 Å². The van der Waals surface area contributed by atoms with Crippen molar-refractivity contribution in [1.29, 1.82) is 0 Å². The second kappa shape index (κ2) is 8.50. The zero-order valence-corrected chi connectivity index (χ0v) is 20.2. The molecule has 3 heterocycles. The summed E-state index contributed by atoms with van der Waals surface area (Å²) in [6.45, 7) is 3.73. The third-order valence-electron chi connectivity index (χ3n) is 6.64. The molecule has 5 rings (SSSR count). The van der Waals surface area contributed by atoms with Crippen molar-refractivity contribution in [2.75, 3.05) is 26.2 Å². The van der Waals surface area contributed by atoms with Crippen LogP contribution in [0.15, 0.2) is 52.3 Å². The lowest BCUT2D eigenvalue weighted by Crippen LogP contribution is -2.38. The van der Waals surface area contributed by atoms with Crippen LogP contribution in [0, 0.1) is 6.92 Å². The van der Waals surface area contributed by atoms with Crippen LogP contribution < -0.4 is 0 Å². The highest BCUT2D eigenvalue weighted by Crippen LogP contribution is 2.31. The Labute approximate surface area is 194 Å². The van der Waals surface area contributed by atoms with Gasteiger partial charge in [0, 0.05) is 32.1 Å². The minimum absolute atomic E-state index is 0.0282. The molecule has 2 aliphatic heterocycles. The number of imidazole rings is 1. The molecule has 0 spiro atoms. The third-order valence-corrected chi connectivity index (χ3v) is 10.4. The van der Waals surface area contributed by atoms with E-state index in [0.717, 1.165) is 35.3 Å². The minimum atomic E-state index is -3.78. The van der Waals surface area contributed by atoms with Crippen LogP contribution in [0.1, 0.15) is 43.0 Å². The molecule has 0 aliphatic carbocycles. The number of fused-ring (bicyclic) bond motifs is 1. The van der Waals surface area contributed by atoms with E-state index in [-0.39, 0.29) is 15.7 Å². The normalized spacial score (nSPS) is 19.4. The van der Waals surface area contributed by atoms with Gasteiger partial charge in [-0.05, 0) is 68.5 Å². The predicted octanol–water partition coefficient (Wildman–Crippen LogP) is 3.22. The molecule has 2 fully saturated rings. The van der Waals surface area contributed by atoms with Gasteiger partial charge in [0.1, 0.15) is 5.82 Å².